The molecule has 0 N–H and O–H groups in total. The van der Waals surface area contributed by atoms with E-state index in [0.29, 0.717) is 0 Å². The molecule has 0 unspecified atom stereocenters. The Morgan fingerprint density at radius 2 is 0.682 bits per heavy atom. The van der Waals surface area contributed by atoms with Crippen LogP contribution < -0.4 is 15.3 Å². The molecule has 0 fully saturated rings. The van der Waals surface area contributed by atoms with Crippen LogP contribution in [-0.2, 0) is 34.2 Å². The van der Waals surface area contributed by atoms with Crippen LogP contribution in [0.4, 0.5) is 0 Å². The van der Waals surface area contributed by atoms with Crippen LogP contribution in [0.5, 0.6) is 0 Å². The maximum Gasteiger partial charge on any atom is 0.151 e. The van der Waals surface area contributed by atoms with Crippen molar-refractivity contribution in [2.45, 2.75) is 41.5 Å². The van der Waals surface area contributed by atoms with Gasteiger partial charge in [0.1, 0.15) is 0 Å². The van der Waals surface area contributed by atoms with Crippen molar-refractivity contribution in [3.8, 4) is 0 Å². The van der Waals surface area contributed by atoms with E-state index in [-0.39, 0.29) is 54.4 Å². The van der Waals surface area contributed by atoms with Gasteiger partial charge >= 0.3 is 0 Å². The first-order valence-corrected chi connectivity index (χ1v) is 5.96. The molecule has 0 aromatic carbocycles. The van der Waals surface area contributed by atoms with E-state index in [0.717, 1.165) is 18.2 Å². The van der Waals surface area contributed by atoms with Crippen molar-refractivity contribution in [3.63, 3.8) is 0 Å². The van der Waals surface area contributed by atoms with Gasteiger partial charge in [0, 0.05) is 19.8 Å². The van der Waals surface area contributed by atoms with Crippen molar-refractivity contribution in [2.75, 3.05) is 0 Å². The van der Waals surface area contributed by atoms with Gasteiger partial charge < -0.3 is 15.3 Å². The maximum absolute atomic E-state index is 9.98. The Hall–Kier alpha value is -1.73. The molecule has 0 aromatic heterocycles. The van der Waals surface area contributed by atoms with E-state index in [1.807, 2.05) is 0 Å². The van der Waals surface area contributed by atoms with Crippen molar-refractivity contribution in [2.24, 2.45) is 0 Å². The fraction of sp³-hybridized carbons (Fsp3) is 0.400. The smallest absolute Gasteiger partial charge is 0.151 e. The Morgan fingerprint density at radius 1 is 0.545 bits per heavy atom. The molecule has 6 nitrogen and oxygen atoms in total. The van der Waals surface area contributed by atoms with Crippen LogP contribution >= 0.6 is 0 Å². The fourth-order valence-corrected chi connectivity index (χ4v) is 0.859. The van der Waals surface area contributed by atoms with Gasteiger partial charge in [-0.3, -0.25) is 14.4 Å². The molecule has 0 atom stereocenters. The molecule has 0 aromatic rings. The van der Waals surface area contributed by atoms with E-state index >= 15 is 0 Å². The van der Waals surface area contributed by atoms with Crippen molar-refractivity contribution in [1.29, 1.82) is 0 Å². The topological polar surface area (TPSA) is 120 Å². The van der Waals surface area contributed by atoms with Gasteiger partial charge in [-0.1, -0.05) is 20.8 Å². The minimum absolute atomic E-state index is 0. The Kier molecular flexibility index (Phi) is 22.4. The zero-order valence-electron chi connectivity index (χ0n) is 13.5. The number of rotatable bonds is 3. The average Bonchev–Trinajstić information content (AvgIpc) is 2.10. The third-order valence-corrected chi connectivity index (χ3v) is 1.22. The molecular formula is C15H21O6Os-3. The SMILES string of the molecule is CC(=O)C=C(C)[O-].CC(=O)C=C(C)[O-].CC(=O)C=C(C)[O-].[Os]. The third-order valence-electron chi connectivity index (χ3n) is 1.22. The van der Waals surface area contributed by atoms with Crippen LogP contribution in [0.1, 0.15) is 41.5 Å². The summed E-state index contributed by atoms with van der Waals surface area (Å²) in [4.78, 5) is 29.9. The summed E-state index contributed by atoms with van der Waals surface area (Å²) in [5.41, 5.74) is 0. The summed E-state index contributed by atoms with van der Waals surface area (Å²) in [7, 11) is 0. The first-order valence-electron chi connectivity index (χ1n) is 5.96. The molecule has 0 radical (unpaired) electrons. The van der Waals surface area contributed by atoms with Crippen molar-refractivity contribution < 1.29 is 49.5 Å². The minimum Gasteiger partial charge on any atom is -0.876 e. The van der Waals surface area contributed by atoms with E-state index in [1.54, 1.807) is 0 Å². The maximum atomic E-state index is 9.98. The molecule has 0 saturated heterocycles. The Bertz CT molecular complexity index is 368. The molecule has 0 rings (SSSR count). The van der Waals surface area contributed by atoms with E-state index in [2.05, 4.69) is 0 Å². The van der Waals surface area contributed by atoms with Gasteiger partial charge in [-0.15, -0.1) is 17.3 Å². The molecule has 0 bridgehead atoms. The van der Waals surface area contributed by atoms with E-state index in [1.165, 1.54) is 41.5 Å². The second-order valence-electron chi connectivity index (χ2n) is 4.10. The minimum atomic E-state index is -0.187. The van der Waals surface area contributed by atoms with Crippen LogP contribution in [-0.4, -0.2) is 17.3 Å². The van der Waals surface area contributed by atoms with Gasteiger partial charge in [-0.25, -0.2) is 0 Å². The van der Waals surface area contributed by atoms with Crippen molar-refractivity contribution >= 4 is 17.3 Å². The quantitative estimate of drug-likeness (QED) is 0.392. The molecule has 128 valence electrons. The number of ketones is 3. The molecule has 0 spiro atoms. The van der Waals surface area contributed by atoms with Crippen LogP contribution in [0.15, 0.2) is 35.5 Å². The van der Waals surface area contributed by atoms with Gasteiger partial charge in [0.05, 0.1) is 0 Å². The largest absolute Gasteiger partial charge is 0.876 e. The van der Waals surface area contributed by atoms with Crippen LogP contribution in [0, 0.1) is 0 Å². The zero-order chi connectivity index (χ0) is 17.6. The van der Waals surface area contributed by atoms with Gasteiger partial charge in [-0.05, 0) is 39.0 Å². The van der Waals surface area contributed by atoms with E-state index in [9.17, 15) is 29.7 Å². The van der Waals surface area contributed by atoms with Gasteiger partial charge in [0.15, 0.2) is 17.3 Å². The predicted octanol–water partition coefficient (Wildman–Crippen LogP) is -0.484. The summed E-state index contributed by atoms with van der Waals surface area (Å²) in [6.45, 7) is 8.09. The summed E-state index contributed by atoms with van der Waals surface area (Å²) in [5, 5.41) is 29.9. The number of carbonyl (C=O) groups is 3. The van der Waals surface area contributed by atoms with Gasteiger partial charge in [0.25, 0.3) is 0 Å². The summed E-state index contributed by atoms with van der Waals surface area (Å²) in [6.07, 6.45) is 3.17. The standard InChI is InChI=1S/3C5H8O2.Os/c3*1-4(6)3-5(2)7;/h3*3,6H,1-2H3;/p-3. The second kappa shape index (κ2) is 17.3. The molecule has 0 aliphatic heterocycles. The number of hydrogen-bond donors (Lipinski definition) is 0. The van der Waals surface area contributed by atoms with E-state index in [4.69, 9.17) is 0 Å². The van der Waals surface area contributed by atoms with Gasteiger partial charge in [-0.2, -0.15) is 0 Å². The Morgan fingerprint density at radius 3 is 0.682 bits per heavy atom. The molecule has 0 aliphatic carbocycles. The fourth-order valence-electron chi connectivity index (χ4n) is 0.859. The molecule has 7 heteroatoms. The average molecular weight is 488 g/mol. The van der Waals surface area contributed by atoms with Gasteiger partial charge in [0.2, 0.25) is 0 Å². The first kappa shape index (κ1) is 28.4. The van der Waals surface area contributed by atoms with Crippen LogP contribution in [0.3, 0.4) is 0 Å². The van der Waals surface area contributed by atoms with E-state index < -0.39 is 0 Å². The van der Waals surface area contributed by atoms with Crippen molar-refractivity contribution in [1.82, 2.24) is 0 Å². The Labute approximate surface area is 144 Å². The number of allylic oxidation sites excluding steroid dienone is 6. The number of hydrogen-bond acceptors (Lipinski definition) is 6. The monoisotopic (exact) mass is 489 g/mol. The molecule has 0 aliphatic rings. The molecular weight excluding hydrogens is 466 g/mol. The molecule has 0 saturated carbocycles. The van der Waals surface area contributed by atoms with Crippen LogP contribution in [0.2, 0.25) is 0 Å². The zero-order valence-corrected chi connectivity index (χ0v) is 16.1. The predicted molar refractivity (Wildman–Crippen MR) is 73.3 cm³/mol. The Balaban J connectivity index is -0.000000108. The normalized spacial score (nSPS) is 10.9. The second-order valence-corrected chi connectivity index (χ2v) is 4.10. The number of carbonyl (C=O) groups excluding carboxylic acids is 3. The first-order chi connectivity index (χ1) is 9.38. The summed E-state index contributed by atoms with van der Waals surface area (Å²) < 4.78 is 0. The summed E-state index contributed by atoms with van der Waals surface area (Å²) in [5.74, 6) is -1.12. The summed E-state index contributed by atoms with van der Waals surface area (Å²) >= 11 is 0. The molecule has 0 heterocycles. The molecule has 22 heavy (non-hydrogen) atoms. The van der Waals surface area contributed by atoms with Crippen molar-refractivity contribution in [3.05, 3.63) is 35.5 Å². The van der Waals surface area contributed by atoms with Crippen LogP contribution in [0.25, 0.3) is 0 Å². The molecule has 0 amide bonds. The summed E-state index contributed by atoms with van der Waals surface area (Å²) in [6, 6.07) is 0. The third kappa shape index (κ3) is 51.7.